The van der Waals surface area contributed by atoms with E-state index in [-0.39, 0.29) is 16.8 Å². The number of hydrogen-bond acceptors (Lipinski definition) is 6. The van der Waals surface area contributed by atoms with Crippen LogP contribution in [0.25, 0.3) is 10.1 Å². The van der Waals surface area contributed by atoms with Gasteiger partial charge in [-0.3, -0.25) is 4.98 Å². The fourth-order valence-electron chi connectivity index (χ4n) is 2.32. The third-order valence-electron chi connectivity index (χ3n) is 3.45. The van der Waals surface area contributed by atoms with E-state index in [9.17, 15) is 17.6 Å². The van der Waals surface area contributed by atoms with Crippen LogP contribution in [0.4, 0.5) is 4.39 Å². The molecule has 0 unspecified atom stereocenters. The number of carbonyl (C=O) groups is 1. The van der Waals surface area contributed by atoms with E-state index >= 15 is 0 Å². The lowest BCUT2D eigenvalue weighted by atomic mass is 10.2. The summed E-state index contributed by atoms with van der Waals surface area (Å²) in [5.74, 6) is -1.55. The number of hydrogen-bond donors (Lipinski definition) is 1. The lowest BCUT2D eigenvalue weighted by molar-refractivity contribution is 0.0602. The van der Waals surface area contributed by atoms with Gasteiger partial charge in [0.25, 0.3) is 0 Å². The molecule has 3 aromatic rings. The van der Waals surface area contributed by atoms with Crippen LogP contribution in [-0.4, -0.2) is 26.5 Å². The molecule has 1 aromatic carbocycles. The molecule has 0 spiro atoms. The molecule has 0 saturated heterocycles. The second-order valence-electron chi connectivity index (χ2n) is 5.05. The highest BCUT2D eigenvalue weighted by molar-refractivity contribution is 7.90. The van der Waals surface area contributed by atoms with Crippen molar-refractivity contribution >= 4 is 37.4 Å². The highest BCUT2D eigenvalue weighted by atomic mass is 32.2. The standard InChI is InChI=1S/C16H13FN2O4S2/c1-23-16(20)14-15(13-11(17)5-2-6-12(13)24-14)25(21,22)19-9-10-4-3-7-18-8-10/h2-8,19H,9H2,1H3. The van der Waals surface area contributed by atoms with Crippen molar-refractivity contribution in [2.75, 3.05) is 7.11 Å². The average Bonchev–Trinajstić information content (AvgIpc) is 3.02. The molecule has 0 fully saturated rings. The zero-order chi connectivity index (χ0) is 18.0. The Kier molecular flexibility index (Phi) is 4.80. The Labute approximate surface area is 147 Å². The molecule has 2 heterocycles. The van der Waals surface area contributed by atoms with Crippen molar-refractivity contribution in [2.45, 2.75) is 11.4 Å². The number of esters is 1. The smallest absolute Gasteiger partial charge is 0.349 e. The van der Waals surface area contributed by atoms with Gasteiger partial charge in [0.05, 0.1) is 7.11 Å². The predicted octanol–water partition coefficient (Wildman–Crippen LogP) is 2.70. The Bertz CT molecular complexity index is 1030. The number of nitrogens with zero attached hydrogens (tertiary/aromatic N) is 1. The number of rotatable bonds is 5. The van der Waals surface area contributed by atoms with Crippen LogP contribution in [0.5, 0.6) is 0 Å². The zero-order valence-electron chi connectivity index (χ0n) is 13.0. The molecule has 6 nitrogen and oxygen atoms in total. The summed E-state index contributed by atoms with van der Waals surface area (Å²) < 4.78 is 47.2. The second kappa shape index (κ2) is 6.87. The van der Waals surface area contributed by atoms with Gasteiger partial charge < -0.3 is 4.74 Å². The molecule has 25 heavy (non-hydrogen) atoms. The number of nitrogens with one attached hydrogen (secondary N) is 1. The molecule has 130 valence electrons. The highest BCUT2D eigenvalue weighted by Crippen LogP contribution is 2.36. The Morgan fingerprint density at radius 2 is 2.12 bits per heavy atom. The number of halogens is 1. The number of fused-ring (bicyclic) bond motifs is 1. The summed E-state index contributed by atoms with van der Waals surface area (Å²) in [5, 5.41) is -0.119. The highest BCUT2D eigenvalue weighted by Gasteiger charge is 2.30. The average molecular weight is 380 g/mol. The van der Waals surface area contributed by atoms with Gasteiger partial charge in [-0.05, 0) is 23.8 Å². The predicted molar refractivity (Wildman–Crippen MR) is 91.4 cm³/mol. The van der Waals surface area contributed by atoms with Crippen molar-refractivity contribution in [3.63, 3.8) is 0 Å². The van der Waals surface area contributed by atoms with Crippen LogP contribution in [-0.2, 0) is 21.3 Å². The second-order valence-corrected chi connectivity index (χ2v) is 7.81. The molecule has 9 heteroatoms. The molecule has 0 bridgehead atoms. The van der Waals surface area contributed by atoms with Gasteiger partial charge in [0.1, 0.15) is 15.6 Å². The van der Waals surface area contributed by atoms with Crippen LogP contribution in [0, 0.1) is 5.82 Å². The first-order valence-electron chi connectivity index (χ1n) is 7.12. The van der Waals surface area contributed by atoms with E-state index < -0.39 is 26.7 Å². The third kappa shape index (κ3) is 3.39. The Morgan fingerprint density at radius 1 is 1.32 bits per heavy atom. The lowest BCUT2D eigenvalue weighted by Gasteiger charge is -2.08. The Hall–Kier alpha value is -2.36. The van der Waals surface area contributed by atoms with Crippen LogP contribution < -0.4 is 4.72 Å². The third-order valence-corrected chi connectivity index (χ3v) is 6.18. The molecule has 0 aliphatic heterocycles. The van der Waals surface area contributed by atoms with Crippen LogP contribution in [0.3, 0.4) is 0 Å². The first-order valence-corrected chi connectivity index (χ1v) is 9.42. The largest absolute Gasteiger partial charge is 0.465 e. The van der Waals surface area contributed by atoms with Crippen molar-refractivity contribution in [3.8, 4) is 0 Å². The Morgan fingerprint density at radius 3 is 2.80 bits per heavy atom. The minimum absolute atomic E-state index is 0.0391. The first-order chi connectivity index (χ1) is 11.9. The van der Waals surface area contributed by atoms with Crippen molar-refractivity contribution in [3.05, 3.63) is 59.0 Å². The van der Waals surface area contributed by atoms with Crippen molar-refractivity contribution in [1.29, 1.82) is 0 Å². The van der Waals surface area contributed by atoms with Crippen molar-refractivity contribution in [1.82, 2.24) is 9.71 Å². The molecule has 0 amide bonds. The molecule has 2 aromatic heterocycles. The fourth-order valence-corrected chi connectivity index (χ4v) is 5.17. The van der Waals surface area contributed by atoms with Crippen molar-refractivity contribution < 1.29 is 22.3 Å². The minimum atomic E-state index is -4.16. The molecule has 0 saturated carbocycles. The summed E-state index contributed by atoms with van der Waals surface area (Å²) in [4.78, 5) is 15.3. The number of pyridine rings is 1. The van der Waals surface area contributed by atoms with Gasteiger partial charge in [0, 0.05) is 29.0 Å². The topological polar surface area (TPSA) is 85.4 Å². The maximum Gasteiger partial charge on any atom is 0.349 e. The van der Waals surface area contributed by atoms with E-state index in [0.29, 0.717) is 10.3 Å². The van der Waals surface area contributed by atoms with E-state index in [1.54, 1.807) is 24.4 Å². The summed E-state index contributed by atoms with van der Waals surface area (Å²) in [7, 11) is -3.02. The van der Waals surface area contributed by atoms with Gasteiger partial charge in [-0.2, -0.15) is 0 Å². The number of ether oxygens (including phenoxy) is 1. The molecule has 0 radical (unpaired) electrons. The van der Waals surface area contributed by atoms with E-state index in [0.717, 1.165) is 24.5 Å². The Balaban J connectivity index is 2.10. The summed E-state index contributed by atoms with van der Waals surface area (Å²) in [6, 6.07) is 7.52. The fraction of sp³-hybridized carbons (Fsp3) is 0.125. The monoisotopic (exact) mass is 380 g/mol. The molecule has 1 N–H and O–H groups in total. The van der Waals surface area contributed by atoms with E-state index in [2.05, 4.69) is 14.4 Å². The zero-order valence-corrected chi connectivity index (χ0v) is 14.7. The molecular weight excluding hydrogens is 367 g/mol. The van der Waals surface area contributed by atoms with E-state index in [1.165, 1.54) is 12.3 Å². The molecular formula is C16H13FN2O4S2. The van der Waals surface area contributed by atoms with Crippen LogP contribution >= 0.6 is 11.3 Å². The number of carbonyl (C=O) groups excluding carboxylic acids is 1. The summed E-state index contributed by atoms with van der Waals surface area (Å²) in [5.41, 5.74) is 0.630. The van der Waals surface area contributed by atoms with Crippen molar-refractivity contribution in [2.24, 2.45) is 0 Å². The molecule has 0 aliphatic rings. The van der Waals surface area contributed by atoms with Gasteiger partial charge in [0.2, 0.25) is 10.0 Å². The lowest BCUT2D eigenvalue weighted by Crippen LogP contribution is -2.25. The van der Waals surface area contributed by atoms with E-state index in [4.69, 9.17) is 0 Å². The quantitative estimate of drug-likeness (QED) is 0.688. The maximum absolute atomic E-state index is 14.3. The summed E-state index contributed by atoms with van der Waals surface area (Å²) >= 11 is 0.873. The minimum Gasteiger partial charge on any atom is -0.465 e. The van der Waals surface area contributed by atoms with Gasteiger partial charge in [-0.1, -0.05) is 12.1 Å². The number of benzene rings is 1. The maximum atomic E-state index is 14.3. The van der Waals surface area contributed by atoms with Gasteiger partial charge in [0.15, 0.2) is 0 Å². The molecule has 0 atom stereocenters. The number of methoxy groups -OCH3 is 1. The normalized spacial score (nSPS) is 11.6. The number of aromatic nitrogens is 1. The molecule has 3 rings (SSSR count). The first kappa shape index (κ1) is 17.5. The van der Waals surface area contributed by atoms with E-state index in [1.807, 2.05) is 0 Å². The number of thiophene rings is 1. The number of sulfonamides is 1. The van der Waals surface area contributed by atoms with Crippen LogP contribution in [0.1, 0.15) is 15.2 Å². The van der Waals surface area contributed by atoms with Crippen LogP contribution in [0.2, 0.25) is 0 Å². The van der Waals surface area contributed by atoms with Gasteiger partial charge in [-0.15, -0.1) is 11.3 Å². The van der Waals surface area contributed by atoms with Gasteiger partial charge >= 0.3 is 5.97 Å². The SMILES string of the molecule is COC(=O)c1sc2cccc(F)c2c1S(=O)(=O)NCc1cccnc1. The summed E-state index contributed by atoms with van der Waals surface area (Å²) in [6.07, 6.45) is 3.07. The summed E-state index contributed by atoms with van der Waals surface area (Å²) in [6.45, 7) is -0.0391. The van der Waals surface area contributed by atoms with Crippen LogP contribution in [0.15, 0.2) is 47.6 Å². The van der Waals surface area contributed by atoms with Gasteiger partial charge in [-0.25, -0.2) is 22.3 Å². The molecule has 0 aliphatic carbocycles.